The number of rotatable bonds is 4. The van der Waals surface area contributed by atoms with Crippen LogP contribution in [0.3, 0.4) is 0 Å². The molecule has 1 heterocycles. The van der Waals surface area contributed by atoms with Crippen molar-refractivity contribution in [2.75, 3.05) is 19.8 Å². The zero-order valence-electron chi connectivity index (χ0n) is 8.62. The van der Waals surface area contributed by atoms with Crippen molar-refractivity contribution in [1.82, 2.24) is 5.32 Å². The second kappa shape index (κ2) is 4.58. The summed E-state index contributed by atoms with van der Waals surface area (Å²) in [6.07, 6.45) is 1.11. The lowest BCUT2D eigenvalue weighted by atomic mass is 10.1. The van der Waals surface area contributed by atoms with Crippen molar-refractivity contribution in [3.8, 4) is 0 Å². The van der Waals surface area contributed by atoms with Crippen LogP contribution in [0.2, 0.25) is 0 Å². The lowest BCUT2D eigenvalue weighted by Gasteiger charge is -2.26. The lowest BCUT2D eigenvalue weighted by Crippen LogP contribution is -2.46. The monoisotopic (exact) mass is 191 g/mol. The van der Waals surface area contributed by atoms with E-state index in [2.05, 4.69) is 36.5 Å². The molecule has 0 radical (unpaired) electrons. The fourth-order valence-electron chi connectivity index (χ4n) is 1.64. The molecule has 1 aliphatic heterocycles. The molecule has 1 aromatic rings. The highest BCUT2D eigenvalue weighted by molar-refractivity contribution is 5.22. The molecule has 0 unspecified atom stereocenters. The first kappa shape index (κ1) is 9.69. The summed E-state index contributed by atoms with van der Waals surface area (Å²) in [7, 11) is 0. The molecule has 1 fully saturated rings. The molecule has 1 N–H and O–H groups in total. The van der Waals surface area contributed by atoms with E-state index in [4.69, 9.17) is 4.74 Å². The van der Waals surface area contributed by atoms with Crippen LogP contribution in [0, 0.1) is 6.92 Å². The third kappa shape index (κ3) is 2.56. The maximum absolute atomic E-state index is 5.09. The highest BCUT2D eigenvalue weighted by atomic mass is 16.5. The predicted octanol–water partition coefficient (Wildman–Crippen LogP) is 1.53. The number of nitrogens with one attached hydrogen (secondary N) is 1. The van der Waals surface area contributed by atoms with E-state index >= 15 is 0 Å². The summed E-state index contributed by atoms with van der Waals surface area (Å²) in [5, 5.41) is 3.46. The molecule has 2 rings (SSSR count). The van der Waals surface area contributed by atoms with Gasteiger partial charge in [0.05, 0.1) is 19.3 Å². The average molecular weight is 191 g/mol. The molecule has 1 saturated heterocycles. The summed E-state index contributed by atoms with van der Waals surface area (Å²) in [6.45, 7) is 4.95. The van der Waals surface area contributed by atoms with Crippen molar-refractivity contribution in [1.29, 1.82) is 0 Å². The van der Waals surface area contributed by atoms with Crippen molar-refractivity contribution in [3.63, 3.8) is 0 Å². The van der Waals surface area contributed by atoms with Crippen LogP contribution >= 0.6 is 0 Å². The Bertz CT molecular complexity index is 294. The minimum absolute atomic E-state index is 0.597. The number of benzene rings is 1. The second-order valence-electron chi connectivity index (χ2n) is 3.93. The smallest absolute Gasteiger partial charge is 0.0643 e. The van der Waals surface area contributed by atoms with Gasteiger partial charge in [-0.05, 0) is 25.5 Å². The quantitative estimate of drug-likeness (QED) is 0.779. The van der Waals surface area contributed by atoms with Crippen LogP contribution in [0.25, 0.3) is 0 Å². The molecule has 1 aromatic carbocycles. The molecule has 0 atom stereocenters. The molecule has 2 nitrogen and oxygen atoms in total. The number of hydrogen-bond donors (Lipinski definition) is 1. The third-order valence-corrected chi connectivity index (χ3v) is 2.57. The number of ether oxygens (including phenoxy) is 1. The van der Waals surface area contributed by atoms with Crippen molar-refractivity contribution in [2.24, 2.45) is 0 Å². The van der Waals surface area contributed by atoms with Gasteiger partial charge in [-0.3, -0.25) is 0 Å². The molecule has 1 aliphatic rings. The van der Waals surface area contributed by atoms with E-state index in [1.54, 1.807) is 0 Å². The number of aryl methyl sites for hydroxylation is 1. The van der Waals surface area contributed by atoms with Crippen LogP contribution < -0.4 is 5.32 Å². The summed E-state index contributed by atoms with van der Waals surface area (Å²) >= 11 is 0. The van der Waals surface area contributed by atoms with Gasteiger partial charge >= 0.3 is 0 Å². The van der Waals surface area contributed by atoms with Crippen molar-refractivity contribution >= 4 is 0 Å². The summed E-state index contributed by atoms with van der Waals surface area (Å²) < 4.78 is 5.09. The summed E-state index contributed by atoms with van der Waals surface area (Å²) in [6, 6.07) is 9.29. The maximum Gasteiger partial charge on any atom is 0.0643 e. The molecule has 2 heteroatoms. The van der Waals surface area contributed by atoms with E-state index in [0.717, 1.165) is 26.2 Å². The highest BCUT2D eigenvalue weighted by Crippen LogP contribution is 2.05. The van der Waals surface area contributed by atoms with Gasteiger partial charge in [0.15, 0.2) is 0 Å². The molecular formula is C12H17NO. The Balaban J connectivity index is 1.74. The third-order valence-electron chi connectivity index (χ3n) is 2.57. The first-order chi connectivity index (χ1) is 6.84. The molecule has 0 bridgehead atoms. The topological polar surface area (TPSA) is 21.3 Å². The van der Waals surface area contributed by atoms with Crippen molar-refractivity contribution in [3.05, 3.63) is 35.4 Å². The highest BCUT2D eigenvalue weighted by Gasteiger charge is 2.16. The maximum atomic E-state index is 5.09. The Morgan fingerprint density at radius 1 is 1.43 bits per heavy atom. The van der Waals surface area contributed by atoms with Gasteiger partial charge in [0, 0.05) is 0 Å². The first-order valence-electron chi connectivity index (χ1n) is 5.21. The van der Waals surface area contributed by atoms with E-state index in [0.29, 0.717) is 6.04 Å². The Labute approximate surface area is 85.3 Å². The zero-order chi connectivity index (χ0) is 9.80. The SMILES string of the molecule is Cc1cccc(CCNC2COC2)c1. The van der Waals surface area contributed by atoms with Crippen LogP contribution in [-0.2, 0) is 11.2 Å². The lowest BCUT2D eigenvalue weighted by molar-refractivity contribution is -0.00467. The normalized spacial score (nSPS) is 16.6. The minimum atomic E-state index is 0.597. The average Bonchev–Trinajstić information content (AvgIpc) is 2.09. The van der Waals surface area contributed by atoms with Gasteiger partial charge in [-0.25, -0.2) is 0 Å². The van der Waals surface area contributed by atoms with E-state index in [9.17, 15) is 0 Å². The molecule has 0 aromatic heterocycles. The predicted molar refractivity (Wildman–Crippen MR) is 57.5 cm³/mol. The fourth-order valence-corrected chi connectivity index (χ4v) is 1.64. The largest absolute Gasteiger partial charge is 0.378 e. The fraction of sp³-hybridized carbons (Fsp3) is 0.500. The first-order valence-corrected chi connectivity index (χ1v) is 5.21. The number of hydrogen-bond acceptors (Lipinski definition) is 2. The Morgan fingerprint density at radius 2 is 2.29 bits per heavy atom. The molecule has 0 saturated carbocycles. The van der Waals surface area contributed by atoms with Crippen molar-refractivity contribution in [2.45, 2.75) is 19.4 Å². The Hall–Kier alpha value is -0.860. The van der Waals surface area contributed by atoms with E-state index in [-0.39, 0.29) is 0 Å². The molecule has 0 spiro atoms. The zero-order valence-corrected chi connectivity index (χ0v) is 8.62. The van der Waals surface area contributed by atoms with Crippen molar-refractivity contribution < 1.29 is 4.74 Å². The molecule has 0 aliphatic carbocycles. The van der Waals surface area contributed by atoms with Crippen LogP contribution in [0.15, 0.2) is 24.3 Å². The molecule has 76 valence electrons. The van der Waals surface area contributed by atoms with Gasteiger partial charge in [-0.1, -0.05) is 29.8 Å². The summed E-state index contributed by atoms with van der Waals surface area (Å²) in [5.74, 6) is 0. The van der Waals surface area contributed by atoms with Gasteiger partial charge < -0.3 is 10.1 Å². The Morgan fingerprint density at radius 3 is 2.93 bits per heavy atom. The van der Waals surface area contributed by atoms with E-state index < -0.39 is 0 Å². The minimum Gasteiger partial charge on any atom is -0.378 e. The van der Waals surface area contributed by atoms with Crippen LogP contribution in [0.1, 0.15) is 11.1 Å². The standard InChI is InChI=1S/C12H17NO/c1-10-3-2-4-11(7-10)5-6-13-12-8-14-9-12/h2-4,7,12-13H,5-6,8-9H2,1H3. The van der Waals surface area contributed by atoms with Gasteiger partial charge in [-0.15, -0.1) is 0 Å². The molecular weight excluding hydrogens is 174 g/mol. The van der Waals surface area contributed by atoms with E-state index in [1.165, 1.54) is 11.1 Å². The van der Waals surface area contributed by atoms with Crippen LogP contribution in [0.5, 0.6) is 0 Å². The van der Waals surface area contributed by atoms with Gasteiger partial charge in [0.2, 0.25) is 0 Å². The van der Waals surface area contributed by atoms with Gasteiger partial charge in [-0.2, -0.15) is 0 Å². The van der Waals surface area contributed by atoms with Crippen LogP contribution in [-0.4, -0.2) is 25.8 Å². The van der Waals surface area contributed by atoms with Gasteiger partial charge in [0.1, 0.15) is 0 Å². The van der Waals surface area contributed by atoms with Gasteiger partial charge in [0.25, 0.3) is 0 Å². The summed E-state index contributed by atoms with van der Waals surface area (Å²) in [5.41, 5.74) is 2.76. The molecule has 14 heavy (non-hydrogen) atoms. The van der Waals surface area contributed by atoms with Crippen LogP contribution in [0.4, 0.5) is 0 Å². The molecule has 0 amide bonds. The second-order valence-corrected chi connectivity index (χ2v) is 3.93. The van der Waals surface area contributed by atoms with E-state index in [1.807, 2.05) is 0 Å². The Kier molecular flexibility index (Phi) is 3.17. The summed E-state index contributed by atoms with van der Waals surface area (Å²) in [4.78, 5) is 0.